The van der Waals surface area contributed by atoms with Crippen LogP contribution < -0.4 is 14.8 Å². The molecule has 0 unspecified atom stereocenters. The molecule has 8 nitrogen and oxygen atoms in total. The molecular weight excluding hydrogens is 439 g/mol. The van der Waals surface area contributed by atoms with Crippen LogP contribution in [0.15, 0.2) is 48.5 Å². The van der Waals surface area contributed by atoms with E-state index in [4.69, 9.17) is 9.47 Å². The predicted molar refractivity (Wildman–Crippen MR) is 113 cm³/mol. The van der Waals surface area contributed by atoms with Crippen molar-refractivity contribution in [2.45, 2.75) is 13.1 Å². The predicted octanol–water partition coefficient (Wildman–Crippen LogP) is 4.39. The highest BCUT2D eigenvalue weighted by atomic mass is 19.4. The number of alkyl halides is 3. The molecule has 4 rings (SSSR count). The van der Waals surface area contributed by atoms with Crippen LogP contribution in [0, 0.1) is 6.92 Å². The zero-order valence-corrected chi connectivity index (χ0v) is 17.8. The molecule has 0 aliphatic heterocycles. The zero-order chi connectivity index (χ0) is 23.8. The minimum Gasteiger partial charge on any atom is -0.497 e. The van der Waals surface area contributed by atoms with E-state index in [-0.39, 0.29) is 11.5 Å². The Balaban J connectivity index is 1.75. The topological polar surface area (TPSA) is 90.6 Å². The Labute approximate surface area is 186 Å². The largest absolute Gasteiger partial charge is 0.497 e. The van der Waals surface area contributed by atoms with Crippen LogP contribution in [0.25, 0.3) is 17.0 Å². The maximum Gasteiger partial charge on any atom is 0.433 e. The van der Waals surface area contributed by atoms with Crippen molar-refractivity contribution >= 4 is 17.4 Å². The Morgan fingerprint density at radius 2 is 1.61 bits per heavy atom. The van der Waals surface area contributed by atoms with Crippen LogP contribution in [0.3, 0.4) is 0 Å². The molecule has 0 bridgehead atoms. The highest BCUT2D eigenvalue weighted by Gasteiger charge is 2.36. The number of anilines is 1. The van der Waals surface area contributed by atoms with Crippen molar-refractivity contribution in [1.29, 1.82) is 0 Å². The molecule has 11 heteroatoms. The molecule has 4 aromatic rings. The number of nitrogens with one attached hydrogen (secondary N) is 1. The Morgan fingerprint density at radius 3 is 2.18 bits per heavy atom. The molecule has 0 atom stereocenters. The number of fused-ring (bicyclic) bond motifs is 1. The van der Waals surface area contributed by atoms with Crippen molar-refractivity contribution in [3.8, 4) is 22.8 Å². The Kier molecular flexibility index (Phi) is 5.62. The number of nitrogens with zero attached hydrogens (tertiary/aromatic N) is 4. The van der Waals surface area contributed by atoms with Crippen molar-refractivity contribution in [2.24, 2.45) is 0 Å². The lowest BCUT2D eigenvalue weighted by atomic mass is 10.1. The molecule has 0 aliphatic rings. The lowest BCUT2D eigenvalue weighted by Gasteiger charge is -2.10. The maximum absolute atomic E-state index is 13.8. The minimum atomic E-state index is -4.75. The maximum atomic E-state index is 13.8. The number of halogens is 3. The fourth-order valence-corrected chi connectivity index (χ4v) is 3.11. The monoisotopic (exact) mass is 457 g/mol. The van der Waals surface area contributed by atoms with Gasteiger partial charge in [-0.25, -0.2) is 4.98 Å². The fraction of sp³-hybridized carbons (Fsp3) is 0.182. The van der Waals surface area contributed by atoms with Crippen LogP contribution in [0.5, 0.6) is 11.5 Å². The average Bonchev–Trinajstić information content (AvgIpc) is 3.22. The van der Waals surface area contributed by atoms with Gasteiger partial charge >= 0.3 is 6.18 Å². The molecule has 0 spiro atoms. The molecule has 2 aromatic carbocycles. The summed E-state index contributed by atoms with van der Waals surface area (Å²) in [5.41, 5.74) is 0.682. The van der Waals surface area contributed by atoms with Crippen molar-refractivity contribution in [2.75, 3.05) is 19.5 Å². The summed E-state index contributed by atoms with van der Waals surface area (Å²) in [5.74, 6) is -0.821. The van der Waals surface area contributed by atoms with Gasteiger partial charge in [0, 0.05) is 29.4 Å². The number of aromatic nitrogens is 4. The molecule has 2 heterocycles. The van der Waals surface area contributed by atoms with Gasteiger partial charge in [-0.05, 0) is 13.0 Å². The van der Waals surface area contributed by atoms with Crippen molar-refractivity contribution < 1.29 is 27.4 Å². The lowest BCUT2D eigenvalue weighted by Crippen LogP contribution is -2.16. The third-order valence-electron chi connectivity index (χ3n) is 4.76. The molecular formula is C22H18F3N5O3. The van der Waals surface area contributed by atoms with Gasteiger partial charge < -0.3 is 14.8 Å². The van der Waals surface area contributed by atoms with E-state index in [1.54, 1.807) is 30.3 Å². The molecule has 2 aromatic heterocycles. The first-order valence-corrected chi connectivity index (χ1v) is 9.64. The SMILES string of the molecule is COc1cc(NC(=O)c2nc3nc(-c4ccc(C)cc4)cc(C(F)(F)F)n3n2)cc(OC)c1. The normalized spacial score (nSPS) is 11.5. The molecule has 0 radical (unpaired) electrons. The van der Waals surface area contributed by atoms with Gasteiger partial charge in [-0.15, -0.1) is 5.10 Å². The van der Waals surface area contributed by atoms with Gasteiger partial charge in [-0.2, -0.15) is 22.7 Å². The van der Waals surface area contributed by atoms with Gasteiger partial charge in [0.1, 0.15) is 11.5 Å². The number of hydrogen-bond acceptors (Lipinski definition) is 6. The molecule has 170 valence electrons. The van der Waals surface area contributed by atoms with E-state index in [1.165, 1.54) is 26.4 Å². The van der Waals surface area contributed by atoms with Gasteiger partial charge in [-0.3, -0.25) is 4.79 Å². The number of benzene rings is 2. The number of aryl methyl sites for hydroxylation is 1. The van der Waals surface area contributed by atoms with E-state index in [2.05, 4.69) is 20.4 Å². The number of carbonyl (C=O) groups is 1. The van der Waals surface area contributed by atoms with Crippen LogP contribution in [0.2, 0.25) is 0 Å². The van der Waals surface area contributed by atoms with E-state index in [0.29, 0.717) is 27.3 Å². The number of ether oxygens (including phenoxy) is 2. The quantitative estimate of drug-likeness (QED) is 0.478. The molecule has 1 amide bonds. The van der Waals surface area contributed by atoms with E-state index in [9.17, 15) is 18.0 Å². The summed E-state index contributed by atoms with van der Waals surface area (Å²) < 4.78 is 52.1. The van der Waals surface area contributed by atoms with E-state index in [0.717, 1.165) is 11.6 Å². The van der Waals surface area contributed by atoms with Crippen molar-refractivity contribution in [3.63, 3.8) is 0 Å². The molecule has 33 heavy (non-hydrogen) atoms. The Bertz CT molecular complexity index is 1310. The number of hydrogen-bond donors (Lipinski definition) is 1. The van der Waals surface area contributed by atoms with Crippen LogP contribution >= 0.6 is 0 Å². The first kappa shape index (κ1) is 22.1. The Morgan fingerprint density at radius 1 is 0.970 bits per heavy atom. The van der Waals surface area contributed by atoms with Gasteiger partial charge in [-0.1, -0.05) is 29.8 Å². The summed E-state index contributed by atoms with van der Waals surface area (Å²) >= 11 is 0. The minimum absolute atomic E-state index is 0.0618. The second-order valence-electron chi connectivity index (χ2n) is 7.09. The van der Waals surface area contributed by atoms with Crippen molar-refractivity contribution in [1.82, 2.24) is 19.6 Å². The van der Waals surface area contributed by atoms with Crippen LogP contribution in [-0.4, -0.2) is 39.7 Å². The van der Waals surface area contributed by atoms with Crippen molar-refractivity contribution in [3.05, 3.63) is 65.6 Å². The van der Waals surface area contributed by atoms with Gasteiger partial charge in [0.05, 0.1) is 19.9 Å². The number of methoxy groups -OCH3 is 2. The van der Waals surface area contributed by atoms with Gasteiger partial charge in [0.25, 0.3) is 11.7 Å². The van der Waals surface area contributed by atoms with E-state index >= 15 is 0 Å². The summed E-state index contributed by atoms with van der Waals surface area (Å²) in [7, 11) is 2.89. The fourth-order valence-electron chi connectivity index (χ4n) is 3.11. The van der Waals surface area contributed by atoms with E-state index < -0.39 is 23.6 Å². The molecule has 1 N–H and O–H groups in total. The number of rotatable bonds is 5. The smallest absolute Gasteiger partial charge is 0.433 e. The summed E-state index contributed by atoms with van der Waals surface area (Å²) in [4.78, 5) is 20.8. The number of carbonyl (C=O) groups excluding carboxylic acids is 1. The first-order chi connectivity index (χ1) is 15.7. The average molecular weight is 457 g/mol. The highest BCUT2D eigenvalue weighted by Crippen LogP contribution is 2.32. The summed E-state index contributed by atoms with van der Waals surface area (Å²) in [6.45, 7) is 1.86. The third kappa shape index (κ3) is 4.56. The van der Waals surface area contributed by atoms with Gasteiger partial charge in [0.15, 0.2) is 5.69 Å². The third-order valence-corrected chi connectivity index (χ3v) is 4.76. The molecule has 0 fully saturated rings. The molecule has 0 saturated carbocycles. The first-order valence-electron chi connectivity index (χ1n) is 9.64. The standard InChI is InChI=1S/C22H18F3N5O3/c1-12-4-6-13(7-5-12)17-11-18(22(23,24)25)30-21(27-17)28-19(29-30)20(31)26-14-8-15(32-2)10-16(9-14)33-3/h4-11H,1-3H3,(H,26,31). The second-order valence-corrected chi connectivity index (χ2v) is 7.09. The zero-order valence-electron chi connectivity index (χ0n) is 17.8. The lowest BCUT2D eigenvalue weighted by molar-refractivity contribution is -0.142. The summed E-state index contributed by atoms with van der Waals surface area (Å²) in [5, 5.41) is 6.29. The molecule has 0 aliphatic carbocycles. The number of amides is 1. The van der Waals surface area contributed by atoms with E-state index in [1.807, 2.05) is 6.92 Å². The summed E-state index contributed by atoms with van der Waals surface area (Å²) in [6, 6.07) is 12.4. The van der Waals surface area contributed by atoms with Crippen LogP contribution in [0.1, 0.15) is 21.9 Å². The van der Waals surface area contributed by atoms with Crippen LogP contribution in [-0.2, 0) is 6.18 Å². The Hall–Kier alpha value is -4.15. The molecule has 0 saturated heterocycles. The second kappa shape index (κ2) is 8.41. The van der Waals surface area contributed by atoms with Gasteiger partial charge in [0.2, 0.25) is 5.82 Å². The highest BCUT2D eigenvalue weighted by molar-refractivity contribution is 6.02. The van der Waals surface area contributed by atoms with Crippen LogP contribution in [0.4, 0.5) is 18.9 Å². The summed E-state index contributed by atoms with van der Waals surface area (Å²) in [6.07, 6.45) is -4.75.